The molecule has 2 amide bonds. The number of benzene rings is 3. The van der Waals surface area contributed by atoms with Crippen molar-refractivity contribution >= 4 is 86.9 Å². The molecule has 3 N–H and O–H groups in total. The van der Waals surface area contributed by atoms with Crippen molar-refractivity contribution in [3.63, 3.8) is 0 Å². The summed E-state index contributed by atoms with van der Waals surface area (Å²) in [5, 5.41) is 6.61. The fourth-order valence-corrected chi connectivity index (χ4v) is 5.55. The van der Waals surface area contributed by atoms with Gasteiger partial charge >= 0.3 is 0 Å². The lowest BCUT2D eigenvalue weighted by Crippen LogP contribution is -2.18. The number of carbonyl (C=O) groups excluding carboxylic acids is 2. The number of alkyl halides is 2. The molecular weight excluding hydrogens is 568 g/mol. The Morgan fingerprint density at radius 3 is 2.25 bits per heavy atom. The molecule has 1 aliphatic rings. The topological polar surface area (TPSA) is 79.5 Å². The van der Waals surface area contributed by atoms with Crippen LogP contribution in [0.15, 0.2) is 54.6 Å². The standard InChI is InChI=1S/C25H20Cl5N3O3/c1-12-3-6-19(20(7-12)33-36-2)32-23(34)17-11-16(4-5-18(17)28)31-24(35)22-21(25(22,29)30)13-8-14(26)10-15(27)9-13/h3-11,21-22,33H,1-2H3,(H,31,35)(H,32,34). The molecule has 1 aliphatic carbocycles. The minimum atomic E-state index is -1.33. The van der Waals surface area contributed by atoms with Gasteiger partial charge in [-0.1, -0.05) is 40.9 Å². The van der Waals surface area contributed by atoms with E-state index >= 15 is 0 Å². The zero-order valence-electron chi connectivity index (χ0n) is 19.0. The molecule has 6 nitrogen and oxygen atoms in total. The normalized spacial score (nSPS) is 17.9. The number of hydrogen-bond donors (Lipinski definition) is 3. The first-order valence-electron chi connectivity index (χ1n) is 10.7. The van der Waals surface area contributed by atoms with E-state index in [2.05, 4.69) is 16.1 Å². The fraction of sp³-hybridized carbons (Fsp3) is 0.200. The summed E-state index contributed by atoms with van der Waals surface area (Å²) in [5.41, 5.74) is 5.95. The second-order valence-electron chi connectivity index (χ2n) is 8.33. The minimum Gasteiger partial charge on any atom is -0.326 e. The average molecular weight is 588 g/mol. The molecule has 0 spiro atoms. The summed E-state index contributed by atoms with van der Waals surface area (Å²) in [6.07, 6.45) is 0. The fourth-order valence-electron chi connectivity index (χ4n) is 3.97. The summed E-state index contributed by atoms with van der Waals surface area (Å²) in [5.74, 6) is -2.14. The molecular formula is C25H20Cl5N3O3. The number of rotatable bonds is 7. The molecule has 0 aliphatic heterocycles. The number of halogens is 5. The molecule has 4 rings (SSSR count). The average Bonchev–Trinajstić information content (AvgIpc) is 3.38. The quantitative estimate of drug-likeness (QED) is 0.195. The Kier molecular flexibility index (Phi) is 7.95. The van der Waals surface area contributed by atoms with Gasteiger partial charge in [-0.25, -0.2) is 0 Å². The summed E-state index contributed by atoms with van der Waals surface area (Å²) in [6.45, 7) is 1.91. The van der Waals surface area contributed by atoms with Crippen molar-refractivity contribution in [1.29, 1.82) is 0 Å². The van der Waals surface area contributed by atoms with Crippen molar-refractivity contribution in [1.82, 2.24) is 0 Å². The lowest BCUT2D eigenvalue weighted by atomic mass is 10.1. The highest BCUT2D eigenvalue weighted by atomic mass is 35.5. The SMILES string of the molecule is CONc1cc(C)ccc1NC(=O)c1cc(NC(=O)C2C(c3cc(Cl)cc(Cl)c3)C2(Cl)Cl)ccc1Cl. The molecule has 3 aromatic rings. The van der Waals surface area contributed by atoms with Crippen molar-refractivity contribution in [2.24, 2.45) is 5.92 Å². The van der Waals surface area contributed by atoms with Crippen LogP contribution in [-0.2, 0) is 9.63 Å². The predicted molar refractivity (Wildman–Crippen MR) is 147 cm³/mol. The van der Waals surface area contributed by atoms with Crippen LogP contribution in [0.3, 0.4) is 0 Å². The smallest absolute Gasteiger partial charge is 0.257 e. The molecule has 0 saturated heterocycles. The van der Waals surface area contributed by atoms with Crippen LogP contribution in [0.1, 0.15) is 27.4 Å². The van der Waals surface area contributed by atoms with Gasteiger partial charge in [-0.15, -0.1) is 23.2 Å². The van der Waals surface area contributed by atoms with Crippen LogP contribution in [0.25, 0.3) is 0 Å². The van der Waals surface area contributed by atoms with E-state index in [9.17, 15) is 9.59 Å². The van der Waals surface area contributed by atoms with E-state index in [4.69, 9.17) is 62.8 Å². The third kappa shape index (κ3) is 5.70. The van der Waals surface area contributed by atoms with Gasteiger partial charge in [-0.05, 0) is 66.6 Å². The first-order valence-corrected chi connectivity index (χ1v) is 12.6. The van der Waals surface area contributed by atoms with Gasteiger partial charge in [0.05, 0.1) is 35.0 Å². The molecule has 0 heterocycles. The van der Waals surface area contributed by atoms with Crippen LogP contribution in [-0.4, -0.2) is 23.3 Å². The van der Waals surface area contributed by atoms with Gasteiger partial charge in [-0.3, -0.25) is 19.9 Å². The third-order valence-corrected chi connectivity index (χ3v) is 7.40. The first-order chi connectivity index (χ1) is 17.0. The highest BCUT2D eigenvalue weighted by Gasteiger charge is 2.67. The molecule has 3 aromatic carbocycles. The Morgan fingerprint density at radius 1 is 0.889 bits per heavy atom. The maximum Gasteiger partial charge on any atom is 0.257 e. The van der Waals surface area contributed by atoms with Crippen LogP contribution in [0, 0.1) is 12.8 Å². The van der Waals surface area contributed by atoms with Crippen LogP contribution >= 0.6 is 58.0 Å². The zero-order chi connectivity index (χ0) is 26.2. The summed E-state index contributed by atoms with van der Waals surface area (Å²) in [4.78, 5) is 31.1. The number of nitrogens with one attached hydrogen (secondary N) is 3. The van der Waals surface area contributed by atoms with Crippen LogP contribution in [0.5, 0.6) is 0 Å². The Morgan fingerprint density at radius 2 is 1.58 bits per heavy atom. The molecule has 2 unspecified atom stereocenters. The molecule has 1 fully saturated rings. The Bertz CT molecular complexity index is 1330. The van der Waals surface area contributed by atoms with Crippen LogP contribution in [0.2, 0.25) is 15.1 Å². The molecule has 188 valence electrons. The molecule has 0 bridgehead atoms. The molecule has 0 aromatic heterocycles. The molecule has 36 heavy (non-hydrogen) atoms. The number of amides is 2. The van der Waals surface area contributed by atoms with Crippen molar-refractivity contribution < 1.29 is 14.4 Å². The van der Waals surface area contributed by atoms with E-state index in [1.807, 2.05) is 19.1 Å². The Balaban J connectivity index is 1.52. The van der Waals surface area contributed by atoms with E-state index in [1.165, 1.54) is 19.2 Å². The number of carbonyl (C=O) groups is 2. The van der Waals surface area contributed by atoms with E-state index in [-0.39, 0.29) is 10.6 Å². The summed E-state index contributed by atoms with van der Waals surface area (Å²) >= 11 is 31.4. The van der Waals surface area contributed by atoms with Gasteiger partial charge in [0, 0.05) is 21.7 Å². The summed E-state index contributed by atoms with van der Waals surface area (Å²) < 4.78 is -1.33. The third-order valence-electron chi connectivity index (χ3n) is 5.69. The molecule has 1 saturated carbocycles. The highest BCUT2D eigenvalue weighted by molar-refractivity contribution is 6.53. The summed E-state index contributed by atoms with van der Waals surface area (Å²) in [6, 6.07) is 14.9. The number of hydrogen-bond acceptors (Lipinski definition) is 4. The van der Waals surface area contributed by atoms with Gasteiger partial charge in [0.25, 0.3) is 5.91 Å². The maximum atomic E-state index is 13.0. The summed E-state index contributed by atoms with van der Waals surface area (Å²) in [7, 11) is 1.47. The maximum absolute atomic E-state index is 13.0. The molecule has 0 radical (unpaired) electrons. The van der Waals surface area contributed by atoms with Crippen LogP contribution < -0.4 is 16.1 Å². The second-order valence-corrected chi connectivity index (χ2v) is 11.1. The van der Waals surface area contributed by atoms with Gasteiger partial charge in [0.15, 0.2) is 0 Å². The second kappa shape index (κ2) is 10.7. The van der Waals surface area contributed by atoms with E-state index < -0.39 is 28.0 Å². The largest absolute Gasteiger partial charge is 0.326 e. The highest BCUT2D eigenvalue weighted by Crippen LogP contribution is 2.65. The van der Waals surface area contributed by atoms with Crippen molar-refractivity contribution in [3.8, 4) is 0 Å². The molecule has 11 heteroatoms. The minimum absolute atomic E-state index is 0.162. The van der Waals surface area contributed by atoms with Gasteiger partial charge in [0.1, 0.15) is 4.33 Å². The van der Waals surface area contributed by atoms with Gasteiger partial charge in [0.2, 0.25) is 5.91 Å². The first kappa shape index (κ1) is 26.9. The van der Waals surface area contributed by atoms with E-state index in [0.717, 1.165) is 5.56 Å². The van der Waals surface area contributed by atoms with E-state index in [1.54, 1.807) is 30.3 Å². The monoisotopic (exact) mass is 585 g/mol. The van der Waals surface area contributed by atoms with Gasteiger partial charge < -0.3 is 10.6 Å². The molecule has 2 atom stereocenters. The number of aryl methyl sites for hydroxylation is 1. The van der Waals surface area contributed by atoms with E-state index in [0.29, 0.717) is 32.7 Å². The van der Waals surface area contributed by atoms with Crippen molar-refractivity contribution in [3.05, 3.63) is 86.4 Å². The van der Waals surface area contributed by atoms with Crippen molar-refractivity contribution in [2.75, 3.05) is 23.2 Å². The van der Waals surface area contributed by atoms with Crippen LogP contribution in [0.4, 0.5) is 17.1 Å². The van der Waals surface area contributed by atoms with Gasteiger partial charge in [-0.2, -0.15) is 0 Å². The predicted octanol–water partition coefficient (Wildman–Crippen LogP) is 7.71. The number of anilines is 3. The lowest BCUT2D eigenvalue weighted by molar-refractivity contribution is -0.117. The Labute approximate surface area is 233 Å². The van der Waals surface area contributed by atoms with Crippen molar-refractivity contribution in [2.45, 2.75) is 17.2 Å². The zero-order valence-corrected chi connectivity index (χ0v) is 22.7. The Hall–Kier alpha value is -2.19. The lowest BCUT2D eigenvalue weighted by Gasteiger charge is -2.14.